The molecular formula is C13H16BrNO4S. The molecule has 1 aromatic rings. The maximum Gasteiger partial charge on any atom is 0.308 e. The van der Waals surface area contributed by atoms with Gasteiger partial charge in [-0.2, -0.15) is 4.31 Å². The summed E-state index contributed by atoms with van der Waals surface area (Å²) in [5, 5.41) is 9.11. The van der Waals surface area contributed by atoms with Gasteiger partial charge in [-0.3, -0.25) is 4.79 Å². The minimum absolute atomic E-state index is 0.227. The second-order valence-corrected chi connectivity index (χ2v) is 7.77. The van der Waals surface area contributed by atoms with Crippen LogP contribution in [0.3, 0.4) is 0 Å². The van der Waals surface area contributed by atoms with E-state index in [1.165, 1.54) is 4.31 Å². The Morgan fingerprint density at radius 1 is 1.45 bits per heavy atom. The summed E-state index contributed by atoms with van der Waals surface area (Å²) in [4.78, 5) is 11.3. The van der Waals surface area contributed by atoms with Crippen LogP contribution < -0.4 is 0 Å². The normalized spacial score (nSPS) is 23.9. The number of hydrogen-bond donors (Lipinski definition) is 1. The van der Waals surface area contributed by atoms with Crippen LogP contribution in [0.4, 0.5) is 0 Å². The summed E-state index contributed by atoms with van der Waals surface area (Å²) in [6.45, 7) is 3.62. The zero-order valence-electron chi connectivity index (χ0n) is 11.2. The average Bonchev–Trinajstić information content (AvgIpc) is 2.74. The largest absolute Gasteiger partial charge is 0.481 e. The zero-order chi connectivity index (χ0) is 15.1. The van der Waals surface area contributed by atoms with E-state index in [-0.39, 0.29) is 11.4 Å². The third-order valence-corrected chi connectivity index (χ3v) is 6.37. The standard InChI is InChI=1S/C13H16BrNO4S/c1-8-3-4-10(14)7-12(8)20(18,19)15-6-5-11(9(15)2)13(16)17/h3-4,7,9,11H,5-6H2,1-2H3,(H,16,17). The predicted molar refractivity (Wildman–Crippen MR) is 78.0 cm³/mol. The molecule has 0 spiro atoms. The molecule has 7 heteroatoms. The Morgan fingerprint density at radius 2 is 2.10 bits per heavy atom. The zero-order valence-corrected chi connectivity index (χ0v) is 13.6. The van der Waals surface area contributed by atoms with Crippen LogP contribution in [0.1, 0.15) is 18.9 Å². The van der Waals surface area contributed by atoms with Crippen molar-refractivity contribution in [2.45, 2.75) is 31.2 Å². The highest BCUT2D eigenvalue weighted by molar-refractivity contribution is 9.10. The van der Waals surface area contributed by atoms with Crippen molar-refractivity contribution in [3.8, 4) is 0 Å². The lowest BCUT2D eigenvalue weighted by Crippen LogP contribution is -2.37. The van der Waals surface area contributed by atoms with E-state index >= 15 is 0 Å². The first kappa shape index (κ1) is 15.5. The van der Waals surface area contributed by atoms with E-state index in [9.17, 15) is 13.2 Å². The molecule has 1 aliphatic heterocycles. The first-order chi connectivity index (χ1) is 9.25. The van der Waals surface area contributed by atoms with E-state index in [0.717, 1.165) is 0 Å². The highest BCUT2D eigenvalue weighted by atomic mass is 79.9. The Hall–Kier alpha value is -0.920. The summed E-state index contributed by atoms with van der Waals surface area (Å²) < 4.78 is 27.4. The molecule has 2 atom stereocenters. The van der Waals surface area contributed by atoms with Gasteiger partial charge < -0.3 is 5.11 Å². The Morgan fingerprint density at radius 3 is 2.65 bits per heavy atom. The highest BCUT2D eigenvalue weighted by Crippen LogP contribution is 2.32. The Balaban J connectivity index is 2.41. The molecule has 0 aromatic heterocycles. The Labute approximate surface area is 126 Å². The molecule has 110 valence electrons. The fourth-order valence-corrected chi connectivity index (χ4v) is 5.01. The summed E-state index contributed by atoms with van der Waals surface area (Å²) in [7, 11) is -3.67. The van der Waals surface area contributed by atoms with Crippen molar-refractivity contribution in [3.05, 3.63) is 28.2 Å². The van der Waals surface area contributed by atoms with Gasteiger partial charge in [-0.15, -0.1) is 0 Å². The summed E-state index contributed by atoms with van der Waals surface area (Å²) in [6.07, 6.45) is 0.350. The minimum atomic E-state index is -3.67. The number of halogens is 1. The van der Waals surface area contributed by atoms with Gasteiger partial charge in [0.1, 0.15) is 0 Å². The van der Waals surface area contributed by atoms with Gasteiger partial charge in [0, 0.05) is 17.1 Å². The van der Waals surface area contributed by atoms with Crippen LogP contribution in [0, 0.1) is 12.8 Å². The van der Waals surface area contributed by atoms with Gasteiger partial charge in [0.05, 0.1) is 10.8 Å². The molecule has 1 aromatic carbocycles. The molecule has 1 fully saturated rings. The predicted octanol–water partition coefficient (Wildman–Crippen LogP) is 2.24. The van der Waals surface area contributed by atoms with Crippen LogP contribution in [-0.2, 0) is 14.8 Å². The summed E-state index contributed by atoms with van der Waals surface area (Å²) >= 11 is 3.27. The fraction of sp³-hybridized carbons (Fsp3) is 0.462. The molecule has 2 unspecified atom stereocenters. The number of sulfonamides is 1. The number of aryl methyl sites for hydroxylation is 1. The number of aliphatic carboxylic acids is 1. The molecule has 5 nitrogen and oxygen atoms in total. The second-order valence-electron chi connectivity index (χ2n) is 5.00. The molecule has 0 amide bonds. The number of benzene rings is 1. The first-order valence-corrected chi connectivity index (χ1v) is 8.49. The number of nitrogens with zero attached hydrogens (tertiary/aromatic N) is 1. The number of carbonyl (C=O) groups is 1. The van der Waals surface area contributed by atoms with Crippen LogP contribution in [0.25, 0.3) is 0 Å². The highest BCUT2D eigenvalue weighted by Gasteiger charge is 2.42. The Kier molecular flexibility index (Phi) is 4.22. The third-order valence-electron chi connectivity index (χ3n) is 3.75. The van der Waals surface area contributed by atoms with E-state index in [4.69, 9.17) is 5.11 Å². The van der Waals surface area contributed by atoms with Crippen molar-refractivity contribution in [2.24, 2.45) is 5.92 Å². The van der Waals surface area contributed by atoms with Crippen LogP contribution in [0.2, 0.25) is 0 Å². The topological polar surface area (TPSA) is 74.7 Å². The van der Waals surface area contributed by atoms with Crippen molar-refractivity contribution in [1.82, 2.24) is 4.31 Å². The van der Waals surface area contributed by atoms with Crippen LogP contribution in [0.5, 0.6) is 0 Å². The molecule has 0 bridgehead atoms. The molecule has 0 radical (unpaired) electrons. The molecule has 1 heterocycles. The van der Waals surface area contributed by atoms with Crippen LogP contribution in [0.15, 0.2) is 27.6 Å². The van der Waals surface area contributed by atoms with E-state index in [1.54, 1.807) is 32.0 Å². The fourth-order valence-electron chi connectivity index (χ4n) is 2.56. The maximum absolute atomic E-state index is 12.7. The van der Waals surface area contributed by atoms with Crippen LogP contribution in [-0.4, -0.2) is 36.4 Å². The van der Waals surface area contributed by atoms with Gasteiger partial charge in [-0.05, 0) is 38.0 Å². The molecule has 1 N–H and O–H groups in total. The van der Waals surface area contributed by atoms with E-state index in [0.29, 0.717) is 16.5 Å². The van der Waals surface area contributed by atoms with Crippen molar-refractivity contribution in [1.29, 1.82) is 0 Å². The molecule has 0 aliphatic carbocycles. The van der Waals surface area contributed by atoms with Crippen molar-refractivity contribution in [3.63, 3.8) is 0 Å². The van der Waals surface area contributed by atoms with E-state index in [1.807, 2.05) is 0 Å². The lowest BCUT2D eigenvalue weighted by Gasteiger charge is -2.23. The molecule has 20 heavy (non-hydrogen) atoms. The number of carboxylic acid groups (broad SMARTS) is 1. The summed E-state index contributed by atoms with van der Waals surface area (Å²) in [6, 6.07) is 4.54. The smallest absolute Gasteiger partial charge is 0.308 e. The lowest BCUT2D eigenvalue weighted by atomic mass is 10.0. The van der Waals surface area contributed by atoms with Gasteiger partial charge in [-0.25, -0.2) is 8.42 Å². The molecule has 2 rings (SSSR count). The summed E-state index contributed by atoms with van der Waals surface area (Å²) in [5.41, 5.74) is 0.652. The minimum Gasteiger partial charge on any atom is -0.481 e. The monoisotopic (exact) mass is 361 g/mol. The van der Waals surface area contributed by atoms with Gasteiger partial charge >= 0.3 is 5.97 Å². The van der Waals surface area contributed by atoms with Crippen LogP contribution >= 0.6 is 15.9 Å². The van der Waals surface area contributed by atoms with Gasteiger partial charge in [0.25, 0.3) is 0 Å². The van der Waals surface area contributed by atoms with E-state index < -0.39 is 28.0 Å². The number of carboxylic acids is 1. The number of hydrogen-bond acceptors (Lipinski definition) is 3. The van der Waals surface area contributed by atoms with Crippen molar-refractivity contribution in [2.75, 3.05) is 6.54 Å². The van der Waals surface area contributed by atoms with Crippen molar-refractivity contribution >= 4 is 31.9 Å². The Bertz CT molecular complexity index is 644. The second kappa shape index (κ2) is 5.46. The van der Waals surface area contributed by atoms with Gasteiger partial charge in [0.15, 0.2) is 0 Å². The molecule has 0 saturated carbocycles. The van der Waals surface area contributed by atoms with E-state index in [2.05, 4.69) is 15.9 Å². The SMILES string of the molecule is Cc1ccc(Br)cc1S(=O)(=O)N1CCC(C(=O)O)C1C. The molecule has 1 saturated heterocycles. The average molecular weight is 362 g/mol. The quantitative estimate of drug-likeness (QED) is 0.895. The first-order valence-electron chi connectivity index (χ1n) is 6.26. The van der Waals surface area contributed by atoms with Crippen molar-refractivity contribution < 1.29 is 18.3 Å². The summed E-state index contributed by atoms with van der Waals surface area (Å²) in [5.74, 6) is -1.58. The third kappa shape index (κ3) is 2.62. The van der Waals surface area contributed by atoms with Gasteiger partial charge in [-0.1, -0.05) is 22.0 Å². The molecular weight excluding hydrogens is 346 g/mol. The maximum atomic E-state index is 12.7. The van der Waals surface area contributed by atoms with Gasteiger partial charge in [0.2, 0.25) is 10.0 Å². The lowest BCUT2D eigenvalue weighted by molar-refractivity contribution is -0.142. The number of rotatable bonds is 3. The molecule has 1 aliphatic rings.